The minimum absolute atomic E-state index is 0.543. The van der Waals surface area contributed by atoms with Crippen LogP contribution in [0.25, 0.3) is 0 Å². The van der Waals surface area contributed by atoms with Gasteiger partial charge < -0.3 is 15.8 Å². The van der Waals surface area contributed by atoms with Gasteiger partial charge in [0.25, 0.3) is 0 Å². The van der Waals surface area contributed by atoms with Gasteiger partial charge in [-0.15, -0.1) is 0 Å². The number of nitrogens with one attached hydrogen (secondary N) is 2. The summed E-state index contributed by atoms with van der Waals surface area (Å²) in [6, 6.07) is 3.50. The molecule has 0 saturated heterocycles. The van der Waals surface area contributed by atoms with E-state index in [9.17, 15) is 0 Å². The molecular weight excluding hydrogens is 232 g/mol. The summed E-state index contributed by atoms with van der Waals surface area (Å²) in [7, 11) is 1.58. The largest absolute Gasteiger partial charge is 0.481 e. The summed E-state index contributed by atoms with van der Waals surface area (Å²) in [5, 5.41) is 9.78. The van der Waals surface area contributed by atoms with E-state index in [-0.39, 0.29) is 0 Å². The van der Waals surface area contributed by atoms with Gasteiger partial charge in [0.1, 0.15) is 12.2 Å². The normalized spacial score (nSPS) is 10.3. The smallest absolute Gasteiger partial charge is 0.215 e. The summed E-state index contributed by atoms with van der Waals surface area (Å²) >= 11 is 0. The number of H-pyrrole nitrogens is 1. The Labute approximate surface area is 105 Å². The Morgan fingerprint density at radius 3 is 3.06 bits per heavy atom. The van der Waals surface area contributed by atoms with Crippen LogP contribution in [0.4, 0.5) is 11.5 Å². The molecule has 0 spiro atoms. The summed E-state index contributed by atoms with van der Waals surface area (Å²) in [5.41, 5.74) is 6.42. The predicted octanol–water partition coefficient (Wildman–Crippen LogP) is 0.835. The number of nitrogens with two attached hydrogens (primary N) is 1. The quantitative estimate of drug-likeness (QED) is 0.655. The lowest BCUT2D eigenvalue weighted by Gasteiger charge is -2.09. The number of aromatic amines is 1. The number of pyridine rings is 1. The maximum Gasteiger partial charge on any atom is 0.215 e. The molecule has 18 heavy (non-hydrogen) atoms. The number of ether oxygens (including phenoxy) is 1. The molecule has 0 unspecified atom stereocenters. The van der Waals surface area contributed by atoms with Gasteiger partial charge in [0.2, 0.25) is 5.88 Å². The van der Waals surface area contributed by atoms with Crippen molar-refractivity contribution in [2.45, 2.75) is 12.8 Å². The van der Waals surface area contributed by atoms with Crippen molar-refractivity contribution in [3.63, 3.8) is 0 Å². The fourth-order valence-electron chi connectivity index (χ4n) is 1.52. The SMILES string of the molecule is COc1ccc(N)c(NCCCc2ncn[nH]2)n1. The van der Waals surface area contributed by atoms with E-state index in [0.29, 0.717) is 17.4 Å². The molecule has 7 heteroatoms. The van der Waals surface area contributed by atoms with E-state index in [1.165, 1.54) is 6.33 Å². The third-order valence-electron chi connectivity index (χ3n) is 2.46. The van der Waals surface area contributed by atoms with Crippen molar-refractivity contribution in [2.75, 3.05) is 24.7 Å². The number of methoxy groups -OCH3 is 1. The molecule has 0 atom stereocenters. The summed E-state index contributed by atoms with van der Waals surface area (Å²) in [5.74, 6) is 2.07. The Morgan fingerprint density at radius 1 is 1.44 bits per heavy atom. The maximum atomic E-state index is 5.81. The van der Waals surface area contributed by atoms with Crippen LogP contribution in [0.1, 0.15) is 12.2 Å². The fraction of sp³-hybridized carbons (Fsp3) is 0.364. The number of hydrogen-bond acceptors (Lipinski definition) is 6. The van der Waals surface area contributed by atoms with Gasteiger partial charge in [0.15, 0.2) is 5.82 Å². The lowest BCUT2D eigenvalue weighted by molar-refractivity contribution is 0.398. The molecule has 4 N–H and O–H groups in total. The van der Waals surface area contributed by atoms with Gasteiger partial charge in [-0.2, -0.15) is 10.1 Å². The highest BCUT2D eigenvalue weighted by Gasteiger charge is 2.03. The van der Waals surface area contributed by atoms with E-state index in [1.54, 1.807) is 19.2 Å². The highest BCUT2D eigenvalue weighted by Crippen LogP contribution is 2.19. The Hall–Kier alpha value is -2.31. The van der Waals surface area contributed by atoms with Gasteiger partial charge in [-0.05, 0) is 12.5 Å². The Kier molecular flexibility index (Phi) is 3.95. The number of hydrogen-bond donors (Lipinski definition) is 3. The molecule has 7 nitrogen and oxygen atoms in total. The summed E-state index contributed by atoms with van der Waals surface area (Å²) in [4.78, 5) is 8.28. The first kappa shape index (κ1) is 12.2. The van der Waals surface area contributed by atoms with Crippen molar-refractivity contribution in [1.29, 1.82) is 0 Å². The molecule has 2 rings (SSSR count). The van der Waals surface area contributed by atoms with Gasteiger partial charge >= 0.3 is 0 Å². The fourth-order valence-corrected chi connectivity index (χ4v) is 1.52. The average molecular weight is 248 g/mol. The van der Waals surface area contributed by atoms with Gasteiger partial charge in [-0.1, -0.05) is 0 Å². The minimum atomic E-state index is 0.543. The molecule has 2 heterocycles. The zero-order chi connectivity index (χ0) is 12.8. The van der Waals surface area contributed by atoms with E-state index in [0.717, 1.165) is 25.2 Å². The van der Waals surface area contributed by atoms with Crippen LogP contribution >= 0.6 is 0 Å². The van der Waals surface area contributed by atoms with Gasteiger partial charge in [-0.3, -0.25) is 5.10 Å². The lowest BCUT2D eigenvalue weighted by atomic mass is 10.3. The molecule has 0 amide bonds. The van der Waals surface area contributed by atoms with Crippen LogP contribution < -0.4 is 15.8 Å². The van der Waals surface area contributed by atoms with E-state index in [4.69, 9.17) is 10.5 Å². The van der Waals surface area contributed by atoms with Crippen LogP contribution in [-0.4, -0.2) is 33.8 Å². The molecule has 0 radical (unpaired) electrons. The average Bonchev–Trinajstić information content (AvgIpc) is 2.89. The number of aryl methyl sites for hydroxylation is 1. The first-order valence-electron chi connectivity index (χ1n) is 5.68. The van der Waals surface area contributed by atoms with Crippen LogP contribution in [0, 0.1) is 0 Å². The molecule has 96 valence electrons. The highest BCUT2D eigenvalue weighted by atomic mass is 16.5. The van der Waals surface area contributed by atoms with E-state index in [1.807, 2.05) is 0 Å². The Balaban J connectivity index is 1.82. The number of nitrogen functional groups attached to an aromatic ring is 1. The molecule has 0 bridgehead atoms. The minimum Gasteiger partial charge on any atom is -0.481 e. The van der Waals surface area contributed by atoms with E-state index >= 15 is 0 Å². The first-order valence-corrected chi connectivity index (χ1v) is 5.68. The van der Waals surface area contributed by atoms with Crippen molar-refractivity contribution in [3.05, 3.63) is 24.3 Å². The summed E-state index contributed by atoms with van der Waals surface area (Å²) < 4.78 is 5.05. The van der Waals surface area contributed by atoms with Crippen molar-refractivity contribution in [1.82, 2.24) is 20.2 Å². The number of anilines is 2. The topological polar surface area (TPSA) is 102 Å². The van der Waals surface area contributed by atoms with E-state index < -0.39 is 0 Å². The third kappa shape index (κ3) is 3.09. The predicted molar refractivity (Wildman–Crippen MR) is 68.4 cm³/mol. The zero-order valence-electron chi connectivity index (χ0n) is 10.2. The number of nitrogens with zero attached hydrogens (tertiary/aromatic N) is 3. The summed E-state index contributed by atoms with van der Waals surface area (Å²) in [6.07, 6.45) is 3.24. The van der Waals surface area contributed by atoms with Crippen molar-refractivity contribution in [2.24, 2.45) is 0 Å². The second-order valence-corrected chi connectivity index (χ2v) is 3.75. The molecule has 0 fully saturated rings. The number of aromatic nitrogens is 4. The van der Waals surface area contributed by atoms with Gasteiger partial charge in [-0.25, -0.2) is 4.98 Å². The lowest BCUT2D eigenvalue weighted by Crippen LogP contribution is -2.08. The van der Waals surface area contributed by atoms with Crippen LogP contribution in [0.2, 0.25) is 0 Å². The second-order valence-electron chi connectivity index (χ2n) is 3.75. The molecule has 2 aromatic heterocycles. The van der Waals surface area contributed by atoms with E-state index in [2.05, 4.69) is 25.5 Å². The first-order chi connectivity index (χ1) is 8.79. The van der Waals surface area contributed by atoms with Crippen LogP contribution in [0.5, 0.6) is 5.88 Å². The standard InChI is InChI=1S/C11H16N6O/c1-18-10-5-4-8(12)11(16-10)13-6-2-3-9-14-7-15-17-9/h4-5,7H,2-3,6,12H2,1H3,(H,13,16)(H,14,15,17). The maximum absolute atomic E-state index is 5.81. The molecule has 0 saturated carbocycles. The molecule has 0 aliphatic rings. The Morgan fingerprint density at radius 2 is 2.33 bits per heavy atom. The molecule has 0 aromatic carbocycles. The van der Waals surface area contributed by atoms with Crippen molar-refractivity contribution >= 4 is 11.5 Å². The second kappa shape index (κ2) is 5.85. The van der Waals surface area contributed by atoms with Gasteiger partial charge in [0.05, 0.1) is 12.8 Å². The van der Waals surface area contributed by atoms with Crippen LogP contribution in [-0.2, 0) is 6.42 Å². The monoisotopic (exact) mass is 248 g/mol. The van der Waals surface area contributed by atoms with Crippen molar-refractivity contribution in [3.8, 4) is 5.88 Å². The molecule has 2 aromatic rings. The zero-order valence-corrected chi connectivity index (χ0v) is 10.2. The molecular formula is C11H16N6O. The molecule has 0 aliphatic carbocycles. The summed E-state index contributed by atoms with van der Waals surface area (Å²) in [6.45, 7) is 0.755. The third-order valence-corrected chi connectivity index (χ3v) is 2.46. The van der Waals surface area contributed by atoms with Gasteiger partial charge in [0, 0.05) is 19.0 Å². The van der Waals surface area contributed by atoms with Crippen LogP contribution in [0.3, 0.4) is 0 Å². The van der Waals surface area contributed by atoms with Crippen molar-refractivity contribution < 1.29 is 4.74 Å². The highest BCUT2D eigenvalue weighted by molar-refractivity contribution is 5.61. The molecule has 0 aliphatic heterocycles. The number of rotatable bonds is 6. The van der Waals surface area contributed by atoms with Crippen LogP contribution in [0.15, 0.2) is 18.5 Å². The Bertz CT molecular complexity index is 484.